The normalized spacial score (nSPS) is 14.3. The molecule has 1 fully saturated rings. The van der Waals surface area contributed by atoms with Crippen molar-refractivity contribution < 1.29 is 8.78 Å². The summed E-state index contributed by atoms with van der Waals surface area (Å²) < 4.78 is 26.4. The Morgan fingerprint density at radius 1 is 1.15 bits per heavy atom. The topological polar surface area (TPSA) is 63.8 Å². The predicted octanol–water partition coefficient (Wildman–Crippen LogP) is 3.27. The van der Waals surface area contributed by atoms with E-state index in [0.29, 0.717) is 34.6 Å². The fourth-order valence-corrected chi connectivity index (χ4v) is 1.96. The SMILES string of the molecule is Cc1c(N)nc(C2CC2)nc1Nc1cc(F)cc(F)c1. The van der Waals surface area contributed by atoms with Crippen LogP contribution in [0.15, 0.2) is 18.2 Å². The molecule has 0 radical (unpaired) electrons. The van der Waals surface area contributed by atoms with Crippen molar-refractivity contribution in [2.24, 2.45) is 0 Å². The van der Waals surface area contributed by atoms with Crippen molar-refractivity contribution in [3.63, 3.8) is 0 Å². The number of hydrogen-bond acceptors (Lipinski definition) is 4. The van der Waals surface area contributed by atoms with Crippen LogP contribution in [0.1, 0.15) is 30.1 Å². The minimum atomic E-state index is -0.644. The van der Waals surface area contributed by atoms with Gasteiger partial charge in [-0.1, -0.05) is 0 Å². The van der Waals surface area contributed by atoms with E-state index in [1.54, 1.807) is 6.92 Å². The average molecular weight is 276 g/mol. The van der Waals surface area contributed by atoms with Crippen molar-refractivity contribution in [2.45, 2.75) is 25.7 Å². The van der Waals surface area contributed by atoms with Gasteiger partial charge in [-0.05, 0) is 31.9 Å². The molecule has 1 aromatic heterocycles. The molecule has 0 aliphatic heterocycles. The van der Waals surface area contributed by atoms with Crippen molar-refractivity contribution in [1.82, 2.24) is 9.97 Å². The number of benzene rings is 1. The molecule has 0 unspecified atom stereocenters. The molecule has 3 rings (SSSR count). The highest BCUT2D eigenvalue weighted by atomic mass is 19.1. The smallest absolute Gasteiger partial charge is 0.139 e. The first kappa shape index (κ1) is 12.8. The Hall–Kier alpha value is -2.24. The van der Waals surface area contributed by atoms with E-state index in [9.17, 15) is 8.78 Å². The number of aromatic nitrogens is 2. The second-order valence-corrected chi connectivity index (χ2v) is 5.00. The Balaban J connectivity index is 1.96. The van der Waals surface area contributed by atoms with Crippen LogP contribution in [-0.4, -0.2) is 9.97 Å². The number of halogens is 2. The Bertz CT molecular complexity index is 648. The number of nitrogens with one attached hydrogen (secondary N) is 1. The average Bonchev–Trinajstić information content (AvgIpc) is 3.17. The van der Waals surface area contributed by atoms with Gasteiger partial charge in [0.05, 0.1) is 0 Å². The van der Waals surface area contributed by atoms with E-state index in [1.807, 2.05) is 0 Å². The van der Waals surface area contributed by atoms with Gasteiger partial charge in [0.25, 0.3) is 0 Å². The molecular formula is C14H14F2N4. The third-order valence-corrected chi connectivity index (χ3v) is 3.27. The Kier molecular flexibility index (Phi) is 3.00. The summed E-state index contributed by atoms with van der Waals surface area (Å²) in [6, 6.07) is 3.23. The van der Waals surface area contributed by atoms with Gasteiger partial charge in [-0.15, -0.1) is 0 Å². The summed E-state index contributed by atoms with van der Waals surface area (Å²) in [6.45, 7) is 1.77. The van der Waals surface area contributed by atoms with Crippen molar-refractivity contribution >= 4 is 17.3 Å². The summed E-state index contributed by atoms with van der Waals surface area (Å²) in [6.07, 6.45) is 2.10. The van der Waals surface area contributed by atoms with Gasteiger partial charge in [0.15, 0.2) is 0 Å². The van der Waals surface area contributed by atoms with Crippen LogP contribution in [0.5, 0.6) is 0 Å². The maximum Gasteiger partial charge on any atom is 0.139 e. The van der Waals surface area contributed by atoms with Gasteiger partial charge in [0.1, 0.15) is 29.1 Å². The lowest BCUT2D eigenvalue weighted by molar-refractivity contribution is 0.584. The first-order valence-corrected chi connectivity index (χ1v) is 6.40. The third-order valence-electron chi connectivity index (χ3n) is 3.27. The van der Waals surface area contributed by atoms with Gasteiger partial charge in [0, 0.05) is 23.2 Å². The Morgan fingerprint density at radius 2 is 1.80 bits per heavy atom. The maximum absolute atomic E-state index is 13.2. The van der Waals surface area contributed by atoms with E-state index >= 15 is 0 Å². The summed E-state index contributed by atoms with van der Waals surface area (Å²) >= 11 is 0. The van der Waals surface area contributed by atoms with E-state index in [2.05, 4.69) is 15.3 Å². The third kappa shape index (κ3) is 2.54. The van der Waals surface area contributed by atoms with Crippen LogP contribution in [-0.2, 0) is 0 Å². The molecule has 4 nitrogen and oxygen atoms in total. The lowest BCUT2D eigenvalue weighted by Crippen LogP contribution is -2.06. The van der Waals surface area contributed by atoms with Gasteiger partial charge < -0.3 is 11.1 Å². The maximum atomic E-state index is 13.2. The standard InChI is InChI=1S/C14H14F2N4/c1-7-12(17)19-14(8-2-3-8)20-13(7)18-11-5-9(15)4-10(16)6-11/h4-6,8H,2-3H2,1H3,(H3,17,18,19,20). The minimum absolute atomic E-state index is 0.297. The molecular weight excluding hydrogens is 262 g/mol. The zero-order valence-corrected chi connectivity index (χ0v) is 11.0. The van der Waals surface area contributed by atoms with Crippen LogP contribution < -0.4 is 11.1 Å². The van der Waals surface area contributed by atoms with Crippen LogP contribution in [0.4, 0.5) is 26.1 Å². The number of hydrogen-bond donors (Lipinski definition) is 2. The molecule has 0 bridgehead atoms. The van der Waals surface area contributed by atoms with Crippen molar-refractivity contribution in [1.29, 1.82) is 0 Å². The number of nitrogens with zero attached hydrogens (tertiary/aromatic N) is 2. The zero-order chi connectivity index (χ0) is 14.3. The van der Waals surface area contributed by atoms with Crippen LogP contribution >= 0.6 is 0 Å². The summed E-state index contributed by atoms with van der Waals surface area (Å²) in [5.41, 5.74) is 6.82. The lowest BCUT2D eigenvalue weighted by Gasteiger charge is -2.12. The second kappa shape index (κ2) is 4.70. The first-order valence-electron chi connectivity index (χ1n) is 6.40. The molecule has 1 aliphatic rings. The fourth-order valence-electron chi connectivity index (χ4n) is 1.96. The molecule has 3 N–H and O–H groups in total. The summed E-state index contributed by atoms with van der Waals surface area (Å²) in [4.78, 5) is 8.65. The Labute approximate surface area is 115 Å². The van der Waals surface area contributed by atoms with E-state index < -0.39 is 11.6 Å². The molecule has 0 saturated heterocycles. The highest BCUT2D eigenvalue weighted by Gasteiger charge is 2.27. The number of anilines is 3. The van der Waals surface area contributed by atoms with Gasteiger partial charge in [0.2, 0.25) is 0 Å². The van der Waals surface area contributed by atoms with Crippen molar-refractivity contribution in [3.05, 3.63) is 41.2 Å². The molecule has 104 valence electrons. The summed E-state index contributed by atoms with van der Waals surface area (Å²) in [7, 11) is 0. The molecule has 1 aromatic carbocycles. The molecule has 1 saturated carbocycles. The van der Waals surface area contributed by atoms with Gasteiger partial charge in [-0.3, -0.25) is 0 Å². The van der Waals surface area contributed by atoms with Crippen LogP contribution in [0.3, 0.4) is 0 Å². The largest absolute Gasteiger partial charge is 0.383 e. The number of rotatable bonds is 3. The van der Waals surface area contributed by atoms with Crippen LogP contribution in [0, 0.1) is 18.6 Å². The van der Waals surface area contributed by atoms with Gasteiger partial charge in [-0.2, -0.15) is 0 Å². The molecule has 0 atom stereocenters. The highest BCUT2D eigenvalue weighted by Crippen LogP contribution is 2.39. The quantitative estimate of drug-likeness (QED) is 0.903. The van der Waals surface area contributed by atoms with E-state index in [0.717, 1.165) is 18.9 Å². The van der Waals surface area contributed by atoms with E-state index in [4.69, 9.17) is 5.73 Å². The van der Waals surface area contributed by atoms with Crippen molar-refractivity contribution in [3.8, 4) is 0 Å². The molecule has 1 heterocycles. The predicted molar refractivity (Wildman–Crippen MR) is 72.8 cm³/mol. The fraction of sp³-hybridized carbons (Fsp3) is 0.286. The van der Waals surface area contributed by atoms with Crippen LogP contribution in [0.25, 0.3) is 0 Å². The number of nitrogens with two attached hydrogens (primary N) is 1. The molecule has 20 heavy (non-hydrogen) atoms. The van der Waals surface area contributed by atoms with Gasteiger partial charge in [-0.25, -0.2) is 18.7 Å². The van der Waals surface area contributed by atoms with E-state index in [-0.39, 0.29) is 0 Å². The first-order chi connectivity index (χ1) is 9.52. The van der Waals surface area contributed by atoms with E-state index in [1.165, 1.54) is 12.1 Å². The monoisotopic (exact) mass is 276 g/mol. The van der Waals surface area contributed by atoms with Crippen LogP contribution in [0.2, 0.25) is 0 Å². The molecule has 0 amide bonds. The highest BCUT2D eigenvalue weighted by molar-refractivity contribution is 5.63. The molecule has 1 aliphatic carbocycles. The number of nitrogen functional groups attached to an aromatic ring is 1. The lowest BCUT2D eigenvalue weighted by atomic mass is 10.2. The zero-order valence-electron chi connectivity index (χ0n) is 11.0. The summed E-state index contributed by atoms with van der Waals surface area (Å²) in [5.74, 6) is 0.630. The second-order valence-electron chi connectivity index (χ2n) is 5.00. The molecule has 2 aromatic rings. The Morgan fingerprint density at radius 3 is 2.40 bits per heavy atom. The summed E-state index contributed by atoms with van der Waals surface area (Å²) in [5, 5.41) is 2.91. The minimum Gasteiger partial charge on any atom is -0.383 e. The molecule has 6 heteroatoms. The van der Waals surface area contributed by atoms with Gasteiger partial charge >= 0.3 is 0 Å². The van der Waals surface area contributed by atoms with Crippen molar-refractivity contribution in [2.75, 3.05) is 11.1 Å². The molecule has 0 spiro atoms.